The van der Waals surface area contributed by atoms with Crippen LogP contribution in [0.25, 0.3) is 10.6 Å². The van der Waals surface area contributed by atoms with Gasteiger partial charge < -0.3 is 0 Å². The first-order valence-electron chi connectivity index (χ1n) is 7.90. The summed E-state index contributed by atoms with van der Waals surface area (Å²) in [6.07, 6.45) is 4.06. The lowest BCUT2D eigenvalue weighted by Gasteiger charge is -2.18. The van der Waals surface area contributed by atoms with E-state index in [1.54, 1.807) is 24.5 Å². The van der Waals surface area contributed by atoms with Crippen LogP contribution in [0.2, 0.25) is 0 Å². The number of aromatic nitrogens is 3. The van der Waals surface area contributed by atoms with Crippen LogP contribution in [0.3, 0.4) is 0 Å². The van der Waals surface area contributed by atoms with E-state index in [2.05, 4.69) is 15.2 Å². The first-order chi connectivity index (χ1) is 12.6. The molecule has 0 spiro atoms. The Labute approximate surface area is 153 Å². The fraction of sp³-hybridized carbons (Fsp3) is 0.176. The highest BCUT2D eigenvalue weighted by atomic mass is 32.1. The number of hydrogen-bond acceptors (Lipinski definition) is 7. The van der Waals surface area contributed by atoms with E-state index in [0.29, 0.717) is 23.1 Å². The maximum Gasteiger partial charge on any atom is 0.270 e. The third-order valence-corrected chi connectivity index (χ3v) is 4.55. The van der Waals surface area contributed by atoms with E-state index in [1.165, 1.54) is 34.4 Å². The molecule has 1 aromatic carbocycles. The van der Waals surface area contributed by atoms with E-state index in [0.717, 1.165) is 5.56 Å². The number of carbonyl (C=O) groups is 1. The smallest absolute Gasteiger partial charge is 0.270 e. The number of anilines is 1. The monoisotopic (exact) mass is 369 g/mol. The Kier molecular flexibility index (Phi) is 5.28. The number of hydrogen-bond donors (Lipinski definition) is 0. The van der Waals surface area contributed by atoms with Gasteiger partial charge >= 0.3 is 0 Å². The van der Waals surface area contributed by atoms with Crippen LogP contribution in [0.1, 0.15) is 23.7 Å². The molecule has 2 heterocycles. The quantitative estimate of drug-likeness (QED) is 0.486. The van der Waals surface area contributed by atoms with E-state index in [9.17, 15) is 14.9 Å². The molecule has 0 aliphatic heterocycles. The molecule has 0 radical (unpaired) electrons. The van der Waals surface area contributed by atoms with E-state index < -0.39 is 4.92 Å². The van der Waals surface area contributed by atoms with Gasteiger partial charge in [0.2, 0.25) is 5.13 Å². The molecule has 0 fully saturated rings. The first-order valence-corrected chi connectivity index (χ1v) is 8.72. The fourth-order valence-electron chi connectivity index (χ4n) is 2.35. The number of non-ortho nitro benzene ring substituents is 1. The van der Waals surface area contributed by atoms with Crippen molar-refractivity contribution in [1.29, 1.82) is 0 Å². The van der Waals surface area contributed by atoms with Crippen molar-refractivity contribution < 1.29 is 9.72 Å². The average Bonchev–Trinajstić information content (AvgIpc) is 3.16. The summed E-state index contributed by atoms with van der Waals surface area (Å²) in [7, 11) is 0. The van der Waals surface area contributed by atoms with Crippen LogP contribution in [0.15, 0.2) is 48.8 Å². The van der Waals surface area contributed by atoms with Gasteiger partial charge in [-0.05, 0) is 24.6 Å². The molecular weight excluding hydrogens is 354 g/mol. The Morgan fingerprint density at radius 1 is 1.27 bits per heavy atom. The number of nitrogens with zero attached hydrogens (tertiary/aromatic N) is 5. The third-order valence-electron chi connectivity index (χ3n) is 3.55. The molecule has 0 saturated heterocycles. The van der Waals surface area contributed by atoms with Crippen molar-refractivity contribution in [3.8, 4) is 10.6 Å². The van der Waals surface area contributed by atoms with Crippen LogP contribution in [-0.4, -0.2) is 32.6 Å². The van der Waals surface area contributed by atoms with Crippen LogP contribution in [0, 0.1) is 10.1 Å². The van der Waals surface area contributed by atoms with Gasteiger partial charge in [0.25, 0.3) is 11.6 Å². The lowest BCUT2D eigenvalue weighted by atomic mass is 10.2. The molecule has 0 N–H and O–H groups in total. The molecule has 8 nitrogen and oxygen atoms in total. The minimum absolute atomic E-state index is 0.124. The Morgan fingerprint density at radius 3 is 2.81 bits per heavy atom. The lowest BCUT2D eigenvalue weighted by molar-refractivity contribution is -0.384. The number of nitro benzene ring substituents is 1. The highest BCUT2D eigenvalue weighted by Gasteiger charge is 2.22. The predicted octanol–water partition coefficient (Wildman–Crippen LogP) is 3.57. The topological polar surface area (TPSA) is 102 Å². The van der Waals surface area contributed by atoms with Gasteiger partial charge in [-0.3, -0.25) is 24.8 Å². The van der Waals surface area contributed by atoms with Gasteiger partial charge in [0.1, 0.15) is 0 Å². The predicted molar refractivity (Wildman–Crippen MR) is 98.2 cm³/mol. The second-order valence-electron chi connectivity index (χ2n) is 5.40. The Bertz CT molecular complexity index is 929. The summed E-state index contributed by atoms with van der Waals surface area (Å²) in [5.41, 5.74) is 0.932. The summed E-state index contributed by atoms with van der Waals surface area (Å²) < 4.78 is 0. The highest BCUT2D eigenvalue weighted by Crippen LogP contribution is 2.29. The molecule has 3 rings (SSSR count). The second kappa shape index (κ2) is 7.79. The van der Waals surface area contributed by atoms with Crippen LogP contribution >= 0.6 is 11.3 Å². The summed E-state index contributed by atoms with van der Waals surface area (Å²) in [6, 6.07) is 9.34. The molecule has 3 aromatic rings. The highest BCUT2D eigenvalue weighted by molar-refractivity contribution is 7.18. The van der Waals surface area contributed by atoms with Crippen LogP contribution in [0.4, 0.5) is 10.8 Å². The van der Waals surface area contributed by atoms with E-state index in [1.807, 2.05) is 13.0 Å². The molecule has 132 valence electrons. The van der Waals surface area contributed by atoms with Gasteiger partial charge in [0.15, 0.2) is 5.01 Å². The maximum atomic E-state index is 12.9. The molecule has 2 aromatic heterocycles. The molecule has 0 saturated carbocycles. The maximum absolute atomic E-state index is 12.9. The van der Waals surface area contributed by atoms with Gasteiger partial charge in [0.05, 0.1) is 4.92 Å². The Morgan fingerprint density at radius 2 is 2.12 bits per heavy atom. The fourth-order valence-corrected chi connectivity index (χ4v) is 3.21. The summed E-state index contributed by atoms with van der Waals surface area (Å²) in [6.45, 7) is 2.37. The van der Waals surface area contributed by atoms with Gasteiger partial charge in [0, 0.05) is 42.2 Å². The number of nitro groups is 1. The zero-order valence-corrected chi connectivity index (χ0v) is 14.7. The molecule has 0 atom stereocenters. The SMILES string of the molecule is CCCN(C(=O)c1cccc([N+](=O)[O-])c1)c1nnc(-c2cccnc2)s1. The molecule has 0 aliphatic carbocycles. The molecule has 9 heteroatoms. The van der Waals surface area contributed by atoms with Crippen molar-refractivity contribution in [2.45, 2.75) is 13.3 Å². The van der Waals surface area contributed by atoms with Crippen molar-refractivity contribution in [3.05, 3.63) is 64.5 Å². The van der Waals surface area contributed by atoms with E-state index in [-0.39, 0.29) is 17.2 Å². The zero-order chi connectivity index (χ0) is 18.5. The first kappa shape index (κ1) is 17.6. The van der Waals surface area contributed by atoms with Gasteiger partial charge in [-0.2, -0.15) is 0 Å². The molecule has 0 bridgehead atoms. The molecule has 1 amide bonds. The van der Waals surface area contributed by atoms with E-state index >= 15 is 0 Å². The van der Waals surface area contributed by atoms with Crippen molar-refractivity contribution in [3.63, 3.8) is 0 Å². The third kappa shape index (κ3) is 3.72. The number of amides is 1. The number of benzene rings is 1. The van der Waals surface area contributed by atoms with Crippen molar-refractivity contribution in [1.82, 2.24) is 15.2 Å². The number of carbonyl (C=O) groups excluding carboxylic acids is 1. The van der Waals surface area contributed by atoms with Crippen molar-refractivity contribution in [2.24, 2.45) is 0 Å². The van der Waals surface area contributed by atoms with Crippen LogP contribution in [-0.2, 0) is 0 Å². The minimum atomic E-state index is -0.521. The molecule has 0 aliphatic rings. The molecular formula is C17H15N5O3S. The summed E-state index contributed by atoms with van der Waals surface area (Å²) in [5, 5.41) is 20.3. The molecule has 0 unspecified atom stereocenters. The van der Waals surface area contributed by atoms with Crippen LogP contribution in [0.5, 0.6) is 0 Å². The van der Waals surface area contributed by atoms with Crippen molar-refractivity contribution >= 4 is 28.1 Å². The average molecular weight is 369 g/mol. The Balaban J connectivity index is 1.92. The van der Waals surface area contributed by atoms with Crippen molar-refractivity contribution in [2.75, 3.05) is 11.4 Å². The molecule has 26 heavy (non-hydrogen) atoms. The number of rotatable bonds is 6. The normalized spacial score (nSPS) is 10.5. The lowest BCUT2D eigenvalue weighted by Crippen LogP contribution is -2.31. The van der Waals surface area contributed by atoms with Crippen LogP contribution < -0.4 is 4.90 Å². The zero-order valence-electron chi connectivity index (χ0n) is 13.9. The standard InChI is InChI=1S/C17H15N5O3S/c1-2-9-21(16(23)12-5-3-7-14(10-12)22(24)25)17-20-19-15(26-17)13-6-4-8-18-11-13/h3-8,10-11H,2,9H2,1H3. The van der Waals surface area contributed by atoms with E-state index in [4.69, 9.17) is 0 Å². The summed E-state index contributed by atoms with van der Waals surface area (Å²) >= 11 is 1.28. The van der Waals surface area contributed by atoms with Gasteiger partial charge in [-0.25, -0.2) is 0 Å². The number of pyridine rings is 1. The largest absolute Gasteiger partial charge is 0.283 e. The summed E-state index contributed by atoms with van der Waals surface area (Å²) in [4.78, 5) is 28.9. The Hall–Kier alpha value is -3.20. The minimum Gasteiger partial charge on any atom is -0.283 e. The summed E-state index contributed by atoms with van der Waals surface area (Å²) in [5.74, 6) is -0.343. The van der Waals surface area contributed by atoms with Gasteiger partial charge in [-0.1, -0.05) is 24.3 Å². The van der Waals surface area contributed by atoms with Gasteiger partial charge in [-0.15, -0.1) is 10.2 Å². The second-order valence-corrected chi connectivity index (χ2v) is 6.35.